The van der Waals surface area contributed by atoms with E-state index < -0.39 is 5.41 Å². The summed E-state index contributed by atoms with van der Waals surface area (Å²) in [6.45, 7) is 14.6. The van der Waals surface area contributed by atoms with Crippen molar-refractivity contribution in [3.63, 3.8) is 0 Å². The van der Waals surface area contributed by atoms with Gasteiger partial charge in [0.15, 0.2) is 0 Å². The summed E-state index contributed by atoms with van der Waals surface area (Å²) in [4.78, 5) is 12.9. The number of aliphatic hydroxyl groups is 1. The van der Waals surface area contributed by atoms with Crippen molar-refractivity contribution in [2.45, 2.75) is 84.0 Å². The highest BCUT2D eigenvalue weighted by molar-refractivity contribution is 5.73. The van der Waals surface area contributed by atoms with Gasteiger partial charge < -0.3 is 20.1 Å². The molecule has 0 aliphatic carbocycles. The molecule has 0 bridgehead atoms. The van der Waals surface area contributed by atoms with Gasteiger partial charge >= 0.3 is 5.97 Å². The fourth-order valence-electron chi connectivity index (χ4n) is 4.07. The molecule has 0 aliphatic heterocycles. The molecule has 0 heterocycles. The number of phenolic OH excluding ortho intramolecular Hbond substituents is 2. The van der Waals surface area contributed by atoms with Gasteiger partial charge in [0.1, 0.15) is 11.5 Å². The van der Waals surface area contributed by atoms with E-state index in [0.717, 1.165) is 22.3 Å². The fourth-order valence-corrected chi connectivity index (χ4v) is 4.07. The minimum Gasteiger partial charge on any atom is -0.508 e. The van der Waals surface area contributed by atoms with Gasteiger partial charge in [-0.05, 0) is 58.1 Å². The third-order valence-electron chi connectivity index (χ3n) is 6.20. The lowest BCUT2D eigenvalue weighted by Crippen LogP contribution is -2.30. The topological polar surface area (TPSA) is 87.0 Å². The third kappa shape index (κ3) is 6.50. The highest BCUT2D eigenvalue weighted by atomic mass is 16.5. The highest BCUT2D eigenvalue weighted by Gasteiger charge is 2.35. The molecule has 182 valence electrons. The zero-order chi connectivity index (χ0) is 25.0. The second kappa shape index (κ2) is 10.2. The molecule has 5 nitrogen and oxygen atoms in total. The molecule has 0 saturated carbocycles. The maximum absolute atomic E-state index is 12.9. The molecule has 0 aliphatic rings. The van der Waals surface area contributed by atoms with Crippen LogP contribution in [0.15, 0.2) is 36.4 Å². The van der Waals surface area contributed by atoms with Crippen LogP contribution in [0.3, 0.4) is 0 Å². The van der Waals surface area contributed by atoms with Crippen molar-refractivity contribution < 1.29 is 24.9 Å². The van der Waals surface area contributed by atoms with E-state index in [-0.39, 0.29) is 47.9 Å². The van der Waals surface area contributed by atoms with Gasteiger partial charge in [-0.25, -0.2) is 0 Å². The molecule has 3 N–H and O–H groups in total. The smallest absolute Gasteiger partial charge is 0.307 e. The predicted octanol–water partition coefficient (Wildman–Crippen LogP) is 5.70. The van der Waals surface area contributed by atoms with Gasteiger partial charge in [-0.3, -0.25) is 4.79 Å². The average Bonchev–Trinajstić information content (AvgIpc) is 2.70. The first-order chi connectivity index (χ1) is 15.2. The van der Waals surface area contributed by atoms with Gasteiger partial charge in [-0.1, -0.05) is 72.7 Å². The van der Waals surface area contributed by atoms with Crippen molar-refractivity contribution in [3.8, 4) is 11.5 Å². The van der Waals surface area contributed by atoms with E-state index in [0.29, 0.717) is 12.8 Å². The number of hydrogen-bond donors (Lipinski definition) is 3. The van der Waals surface area contributed by atoms with Gasteiger partial charge in [0.05, 0.1) is 13.0 Å². The van der Waals surface area contributed by atoms with Crippen LogP contribution in [0.5, 0.6) is 11.5 Å². The van der Waals surface area contributed by atoms with Crippen LogP contribution in [0, 0.1) is 0 Å². The number of rotatable bonds is 8. The fraction of sp³-hybridized carbons (Fsp3) is 0.536. The Morgan fingerprint density at radius 2 is 1.24 bits per heavy atom. The van der Waals surface area contributed by atoms with Crippen molar-refractivity contribution in [2.75, 3.05) is 13.2 Å². The molecule has 0 aromatic heterocycles. The number of phenols is 2. The summed E-state index contributed by atoms with van der Waals surface area (Å²) >= 11 is 0. The molecule has 0 radical (unpaired) electrons. The van der Waals surface area contributed by atoms with E-state index in [1.165, 1.54) is 0 Å². The Kier molecular flexibility index (Phi) is 8.23. The van der Waals surface area contributed by atoms with Crippen LogP contribution < -0.4 is 0 Å². The molecule has 5 heteroatoms. The highest BCUT2D eigenvalue weighted by Crippen LogP contribution is 2.42. The molecule has 0 spiro atoms. The van der Waals surface area contributed by atoms with Crippen LogP contribution in [-0.4, -0.2) is 34.5 Å². The number of aromatic hydroxyl groups is 2. The van der Waals surface area contributed by atoms with Crippen molar-refractivity contribution in [1.82, 2.24) is 0 Å². The Bertz CT molecular complexity index is 900. The van der Waals surface area contributed by atoms with Crippen molar-refractivity contribution in [1.29, 1.82) is 0 Å². The maximum Gasteiger partial charge on any atom is 0.307 e. The van der Waals surface area contributed by atoms with Crippen LogP contribution in [0.2, 0.25) is 0 Å². The molecule has 2 aromatic carbocycles. The first kappa shape index (κ1) is 26.7. The summed E-state index contributed by atoms with van der Waals surface area (Å²) in [5.74, 6) is 0.119. The van der Waals surface area contributed by atoms with Crippen molar-refractivity contribution in [3.05, 3.63) is 58.7 Å². The first-order valence-electron chi connectivity index (χ1n) is 11.6. The summed E-state index contributed by atoms with van der Waals surface area (Å²) in [5.41, 5.74) is 2.09. The Hall–Kier alpha value is -2.53. The van der Waals surface area contributed by atoms with E-state index in [9.17, 15) is 15.0 Å². The summed E-state index contributed by atoms with van der Waals surface area (Å²) in [5, 5.41) is 30.0. The van der Waals surface area contributed by atoms with Gasteiger partial charge in [0.2, 0.25) is 0 Å². The Labute approximate surface area is 198 Å². The SMILES string of the molecule is CC(C)(C)c1cc(C(C)(CC(=O)OCCCCO)c2ccc(O)c(C(C)(C)C)c2)ccc1O. The van der Waals surface area contributed by atoms with Crippen LogP contribution in [0.25, 0.3) is 0 Å². The largest absolute Gasteiger partial charge is 0.508 e. The first-order valence-corrected chi connectivity index (χ1v) is 11.6. The molecule has 0 fully saturated rings. The molecule has 0 saturated heterocycles. The van der Waals surface area contributed by atoms with Gasteiger partial charge in [0.25, 0.3) is 0 Å². The van der Waals surface area contributed by atoms with E-state index in [4.69, 9.17) is 9.84 Å². The second-order valence-corrected chi connectivity index (χ2v) is 11.1. The van der Waals surface area contributed by atoms with Gasteiger partial charge in [-0.2, -0.15) is 0 Å². The van der Waals surface area contributed by atoms with Crippen LogP contribution in [0.4, 0.5) is 0 Å². The number of carbonyl (C=O) groups excluding carboxylic acids is 1. The molecular weight excluding hydrogens is 416 g/mol. The molecule has 2 aromatic rings. The number of ether oxygens (including phenoxy) is 1. The second-order valence-electron chi connectivity index (χ2n) is 11.1. The maximum atomic E-state index is 12.9. The monoisotopic (exact) mass is 456 g/mol. The summed E-state index contributed by atoms with van der Waals surface area (Å²) < 4.78 is 5.48. The molecular formula is C28H40O5. The molecule has 0 unspecified atom stereocenters. The third-order valence-corrected chi connectivity index (χ3v) is 6.20. The lowest BCUT2D eigenvalue weighted by molar-refractivity contribution is -0.144. The molecule has 0 atom stereocenters. The van der Waals surface area contributed by atoms with E-state index in [1.54, 1.807) is 12.1 Å². The van der Waals surface area contributed by atoms with Crippen LogP contribution in [-0.2, 0) is 25.8 Å². The van der Waals surface area contributed by atoms with Crippen molar-refractivity contribution in [2.24, 2.45) is 0 Å². The number of benzene rings is 2. The quantitative estimate of drug-likeness (QED) is 0.350. The van der Waals surface area contributed by atoms with Crippen molar-refractivity contribution >= 4 is 5.97 Å². The number of hydrogen-bond acceptors (Lipinski definition) is 5. The number of unbranched alkanes of at least 4 members (excludes halogenated alkanes) is 1. The molecule has 33 heavy (non-hydrogen) atoms. The Balaban J connectivity index is 2.60. The zero-order valence-corrected chi connectivity index (χ0v) is 21.2. The van der Waals surface area contributed by atoms with E-state index in [1.807, 2.05) is 72.7 Å². The molecule has 0 amide bonds. The van der Waals surface area contributed by atoms with E-state index >= 15 is 0 Å². The van der Waals surface area contributed by atoms with Gasteiger partial charge in [0, 0.05) is 12.0 Å². The summed E-state index contributed by atoms with van der Waals surface area (Å²) in [6, 6.07) is 11.0. The van der Waals surface area contributed by atoms with Crippen LogP contribution in [0.1, 0.15) is 90.0 Å². The summed E-state index contributed by atoms with van der Waals surface area (Å²) in [6.07, 6.45) is 1.30. The normalized spacial score (nSPS) is 12.6. The number of esters is 1. The minimum absolute atomic E-state index is 0.0709. The Morgan fingerprint density at radius 1 is 0.788 bits per heavy atom. The average molecular weight is 457 g/mol. The zero-order valence-electron chi connectivity index (χ0n) is 21.2. The van der Waals surface area contributed by atoms with Gasteiger partial charge in [-0.15, -0.1) is 0 Å². The number of aliphatic hydroxyl groups excluding tert-OH is 1. The minimum atomic E-state index is -0.741. The lowest BCUT2D eigenvalue weighted by Gasteiger charge is -2.33. The lowest BCUT2D eigenvalue weighted by atomic mass is 9.70. The Morgan fingerprint density at radius 3 is 1.64 bits per heavy atom. The predicted molar refractivity (Wildman–Crippen MR) is 132 cm³/mol. The summed E-state index contributed by atoms with van der Waals surface area (Å²) in [7, 11) is 0. The molecule has 2 rings (SSSR count). The van der Waals surface area contributed by atoms with E-state index in [2.05, 4.69) is 0 Å². The van der Waals surface area contributed by atoms with Crippen LogP contribution >= 0.6 is 0 Å². The number of carbonyl (C=O) groups is 1. The standard InChI is InChI=1S/C28H40O5/c1-26(2,3)21-16-19(10-12-23(21)30)28(7,18-25(32)33-15-9-8-14-29)20-11-13-24(31)22(17-20)27(4,5)6/h10-13,16-17,29-31H,8-9,14-15,18H2,1-7H3.